The van der Waals surface area contributed by atoms with Gasteiger partial charge in [0, 0.05) is 42.2 Å². The van der Waals surface area contributed by atoms with E-state index >= 15 is 0 Å². The summed E-state index contributed by atoms with van der Waals surface area (Å²) in [5.74, 6) is -2.06. The van der Waals surface area contributed by atoms with Crippen LogP contribution in [0, 0.1) is 5.82 Å². The van der Waals surface area contributed by atoms with Crippen molar-refractivity contribution in [2.75, 3.05) is 51.7 Å². The fourth-order valence-corrected chi connectivity index (χ4v) is 2.68. The van der Waals surface area contributed by atoms with Crippen LogP contribution in [-0.4, -0.2) is 61.2 Å². The van der Waals surface area contributed by atoms with Gasteiger partial charge in [0.2, 0.25) is 0 Å². The Hall–Kier alpha value is -2.68. The third-order valence-electron chi connectivity index (χ3n) is 3.97. The zero-order valence-corrected chi connectivity index (χ0v) is 16.7. The molecule has 2 aromatic carbocycles. The number of methoxy groups -OCH3 is 1. The van der Waals surface area contributed by atoms with Gasteiger partial charge in [0.1, 0.15) is 18.0 Å². The lowest BCUT2D eigenvalue weighted by Crippen LogP contribution is -2.37. The second-order valence-electron chi connectivity index (χ2n) is 5.93. The molecule has 1 saturated heterocycles. The van der Waals surface area contributed by atoms with E-state index in [1.807, 2.05) is 0 Å². The van der Waals surface area contributed by atoms with Crippen molar-refractivity contribution in [1.82, 2.24) is 14.9 Å². The van der Waals surface area contributed by atoms with Crippen LogP contribution in [0.1, 0.15) is 24.2 Å². The van der Waals surface area contributed by atoms with Crippen LogP contribution in [-0.2, 0) is 4.74 Å². The number of ether oxygens (including phenoxy) is 3. The van der Waals surface area contributed by atoms with Crippen LogP contribution >= 0.6 is 11.6 Å². The lowest BCUT2D eigenvalue weighted by Gasteiger charge is -2.26. The number of nitrogens with one attached hydrogen (secondary N) is 1. The van der Waals surface area contributed by atoms with Gasteiger partial charge in [-0.1, -0.05) is 11.6 Å². The maximum Gasteiger partial charge on any atom is 0.162 e. The number of hydrogen-bond donors (Lipinski definition) is 1. The van der Waals surface area contributed by atoms with Gasteiger partial charge in [0.15, 0.2) is 11.5 Å². The predicted molar refractivity (Wildman–Crippen MR) is 118 cm³/mol. The fraction of sp³-hybridized carbons (Fsp3) is 0.364. The van der Waals surface area contributed by atoms with Gasteiger partial charge in [-0.2, -0.15) is 0 Å². The molecule has 0 saturated carbocycles. The van der Waals surface area contributed by atoms with E-state index in [0.717, 1.165) is 12.4 Å². The summed E-state index contributed by atoms with van der Waals surface area (Å²) in [6, 6.07) is 0.109. The number of halogens is 2. The van der Waals surface area contributed by atoms with Crippen molar-refractivity contribution in [3.63, 3.8) is 0 Å². The van der Waals surface area contributed by atoms with Crippen molar-refractivity contribution in [1.29, 1.82) is 0 Å². The summed E-state index contributed by atoms with van der Waals surface area (Å²) in [5.41, 5.74) is -0.245. The Balaban J connectivity index is 1.76. The molecule has 0 bridgehead atoms. The largest absolute Gasteiger partial charge is 0.493 e. The summed E-state index contributed by atoms with van der Waals surface area (Å²) in [5, 5.41) is 1.93. The Kier molecular flexibility index (Phi) is 3.50. The zero-order chi connectivity index (χ0) is 33.2. The standard InChI is InChI=1S/C22H24ClFN4O3/c1-29-20-13-19-16(12-21(20)31-8-2-5-28-6-9-30-10-7-28)22(26-14-25-19)27-15-3-4-18(24)17(23)11-15/h3-4,11-14H,2,5-10H2,1H3,(H,25,26,27)/i2D2,3D,4D,5D2,8D2,9D2,10D2,11D. The molecule has 2 heterocycles. The van der Waals surface area contributed by atoms with Gasteiger partial charge in [-0.15, -0.1) is 0 Å². The molecule has 1 N–H and O–H groups in total. The van der Waals surface area contributed by atoms with E-state index < -0.39 is 80.4 Å². The summed E-state index contributed by atoms with van der Waals surface area (Å²) < 4.78 is 135. The van der Waals surface area contributed by atoms with E-state index in [1.54, 1.807) is 0 Å². The van der Waals surface area contributed by atoms with Crippen LogP contribution in [0.5, 0.6) is 11.5 Å². The van der Waals surface area contributed by atoms with Gasteiger partial charge in [-0.25, -0.2) is 14.4 Å². The van der Waals surface area contributed by atoms with E-state index in [-0.39, 0.29) is 28.2 Å². The highest BCUT2D eigenvalue weighted by Gasteiger charge is 2.14. The molecular formula is C22H24ClFN4O3. The van der Waals surface area contributed by atoms with Crippen molar-refractivity contribution in [3.05, 3.63) is 47.4 Å². The van der Waals surface area contributed by atoms with Crippen LogP contribution in [0.15, 0.2) is 36.6 Å². The van der Waals surface area contributed by atoms with Gasteiger partial charge < -0.3 is 19.5 Å². The Bertz CT molecular complexity index is 1570. The molecule has 4 rings (SSSR count). The lowest BCUT2D eigenvalue weighted by atomic mass is 10.2. The Labute approximate surface area is 203 Å². The number of hydrogen-bond acceptors (Lipinski definition) is 7. The van der Waals surface area contributed by atoms with E-state index in [0.29, 0.717) is 4.90 Å². The lowest BCUT2D eigenvalue weighted by molar-refractivity contribution is 0.0357. The van der Waals surface area contributed by atoms with Crippen LogP contribution < -0.4 is 14.8 Å². The first-order valence-electron chi connectivity index (χ1n) is 15.2. The van der Waals surface area contributed by atoms with Crippen LogP contribution in [0.2, 0.25) is 5.02 Å². The smallest absolute Gasteiger partial charge is 0.162 e. The minimum absolute atomic E-state index is 0.0306. The molecule has 1 aliphatic heterocycles. The Morgan fingerprint density at radius 2 is 2.16 bits per heavy atom. The third-order valence-corrected chi connectivity index (χ3v) is 4.23. The molecule has 31 heavy (non-hydrogen) atoms. The molecule has 3 aromatic rings. The summed E-state index contributed by atoms with van der Waals surface area (Å²) >= 11 is 5.81. The molecule has 1 aliphatic rings. The number of morpholine rings is 1. The first kappa shape index (κ1) is 10.8. The number of benzene rings is 2. The number of nitrogens with zero attached hydrogens (tertiary/aromatic N) is 3. The quantitative estimate of drug-likeness (QED) is 0.539. The molecule has 0 radical (unpaired) electrons. The number of anilines is 2. The maximum atomic E-state index is 14.1. The molecule has 0 unspecified atom stereocenters. The minimum Gasteiger partial charge on any atom is -0.493 e. The topological polar surface area (TPSA) is 68.7 Å². The van der Waals surface area contributed by atoms with Gasteiger partial charge in [0.05, 0.1) is 49.7 Å². The van der Waals surface area contributed by atoms with E-state index in [2.05, 4.69) is 20.0 Å². The molecule has 1 fully saturated rings. The molecule has 9 heteroatoms. The van der Waals surface area contributed by atoms with Crippen LogP contribution in [0.3, 0.4) is 0 Å². The molecule has 0 spiro atoms. The highest BCUT2D eigenvalue weighted by molar-refractivity contribution is 6.31. The zero-order valence-electron chi connectivity index (χ0n) is 29.0. The van der Waals surface area contributed by atoms with Crippen molar-refractivity contribution < 1.29 is 36.4 Å². The fourth-order valence-electron chi connectivity index (χ4n) is 2.54. The first-order valence-corrected chi connectivity index (χ1v) is 9.12. The highest BCUT2D eigenvalue weighted by atomic mass is 35.5. The van der Waals surface area contributed by atoms with Gasteiger partial charge in [-0.05, 0) is 30.6 Å². The van der Waals surface area contributed by atoms with E-state index in [4.69, 9.17) is 38.9 Å². The Morgan fingerprint density at radius 3 is 2.97 bits per heavy atom. The van der Waals surface area contributed by atoms with E-state index in [1.165, 1.54) is 13.2 Å². The van der Waals surface area contributed by atoms with Crippen LogP contribution in [0.25, 0.3) is 10.9 Å². The monoisotopic (exact) mass is 459 g/mol. The number of rotatable bonds is 8. The molecule has 0 aliphatic carbocycles. The molecular weight excluding hydrogens is 423 g/mol. The minimum atomic E-state index is -3.59. The second kappa shape index (κ2) is 10.1. The van der Waals surface area contributed by atoms with Gasteiger partial charge >= 0.3 is 0 Å². The summed E-state index contributed by atoms with van der Waals surface area (Å²) in [7, 11) is 1.19. The molecule has 1 aromatic heterocycles. The molecule has 0 amide bonds. The van der Waals surface area contributed by atoms with Gasteiger partial charge in [-0.3, -0.25) is 4.90 Å². The van der Waals surface area contributed by atoms with Crippen molar-refractivity contribution in [2.45, 2.75) is 6.37 Å². The summed E-state index contributed by atoms with van der Waals surface area (Å²) in [4.78, 5) is 8.57. The normalized spacial score (nSPS) is 25.3. The van der Waals surface area contributed by atoms with E-state index in [9.17, 15) is 4.39 Å². The average molecular weight is 460 g/mol. The SMILES string of the molecule is [2H]c1c([2H])c(Nc2ncnc3cc(OC)c(OC([2H])([2H])C([2H])([2H])C([2H])([2H])N4CC([2H])([2H])OC([2H])([2H])C4)cc23)c([2H])c(Cl)c1F. The second-order valence-corrected chi connectivity index (χ2v) is 6.31. The molecule has 7 nitrogen and oxygen atoms in total. The first-order chi connectivity index (χ1) is 20.0. The predicted octanol–water partition coefficient (Wildman–Crippen LogP) is 4.28. The number of fused-ring (bicyclic) bond motifs is 1. The Morgan fingerprint density at radius 1 is 1.32 bits per heavy atom. The van der Waals surface area contributed by atoms with Crippen molar-refractivity contribution in [2.24, 2.45) is 0 Å². The maximum absolute atomic E-state index is 14.1. The third kappa shape index (κ3) is 5.33. The average Bonchev–Trinajstić information content (AvgIpc) is 2.90. The van der Waals surface area contributed by atoms with Crippen molar-refractivity contribution >= 4 is 34.0 Å². The van der Waals surface area contributed by atoms with Crippen molar-refractivity contribution in [3.8, 4) is 11.5 Å². The van der Waals surface area contributed by atoms with Crippen LogP contribution in [0.4, 0.5) is 15.9 Å². The molecule has 0 atom stereocenters. The van der Waals surface area contributed by atoms with Gasteiger partial charge in [0.25, 0.3) is 0 Å². The molecule has 164 valence electrons. The summed E-state index contributed by atoms with van der Waals surface area (Å²) in [6.07, 6.45) is -2.51. The summed E-state index contributed by atoms with van der Waals surface area (Å²) in [6.45, 7) is -14.2. The highest BCUT2D eigenvalue weighted by Crippen LogP contribution is 2.35. The number of aromatic nitrogens is 2.